The molecule has 2 unspecified atom stereocenters. The summed E-state index contributed by atoms with van der Waals surface area (Å²) in [5.74, 6) is -0.232. The van der Waals surface area contributed by atoms with E-state index in [4.69, 9.17) is 9.47 Å². The quantitative estimate of drug-likeness (QED) is 0.423. The largest absolute Gasteiger partial charge is 0.444 e. The minimum atomic E-state index is -0.816. The fraction of sp³-hybridized carbons (Fsp3) is 0.500. The number of carbonyl (C=O) groups excluding carboxylic acids is 2. The van der Waals surface area contributed by atoms with Crippen molar-refractivity contribution in [2.45, 2.75) is 41.9 Å². The van der Waals surface area contributed by atoms with E-state index < -0.39 is 11.8 Å². The number of alkyl halides is 1. The Morgan fingerprint density at radius 1 is 1.41 bits per heavy atom. The summed E-state index contributed by atoms with van der Waals surface area (Å²) in [6.07, 6.45) is 2.35. The zero-order valence-corrected chi connectivity index (χ0v) is 14.3. The molecule has 0 saturated carbocycles. The van der Waals surface area contributed by atoms with Gasteiger partial charge in [0.05, 0.1) is 10.3 Å². The van der Waals surface area contributed by atoms with Crippen molar-refractivity contribution in [3.63, 3.8) is 0 Å². The van der Waals surface area contributed by atoms with Crippen molar-refractivity contribution in [2.24, 2.45) is 0 Å². The number of hydrogen-bond donors (Lipinski definition) is 0. The topological polar surface area (TPSA) is 55.8 Å². The van der Waals surface area contributed by atoms with Gasteiger partial charge in [0.25, 0.3) is 0 Å². The van der Waals surface area contributed by atoms with Crippen LogP contribution in [-0.4, -0.2) is 33.2 Å². The molecule has 2 fully saturated rings. The van der Waals surface area contributed by atoms with Gasteiger partial charge in [0.1, 0.15) is 6.61 Å². The number of carbonyl (C=O) groups is 2. The van der Waals surface area contributed by atoms with Crippen molar-refractivity contribution < 1.29 is 19.1 Å². The molecule has 0 aromatic heterocycles. The maximum absolute atomic E-state index is 12.5. The van der Waals surface area contributed by atoms with Crippen LogP contribution < -0.4 is 0 Å². The first kappa shape index (κ1) is 15.6. The number of benzene rings is 1. The minimum Gasteiger partial charge on any atom is -0.444 e. The Morgan fingerprint density at radius 2 is 2.18 bits per heavy atom. The van der Waals surface area contributed by atoms with Gasteiger partial charge in [0, 0.05) is 13.0 Å². The van der Waals surface area contributed by atoms with Gasteiger partial charge in [0.15, 0.2) is 0 Å². The molecule has 0 bridgehead atoms. The average Bonchev–Trinajstić information content (AvgIpc) is 2.91. The lowest BCUT2D eigenvalue weighted by atomic mass is 9.96. The van der Waals surface area contributed by atoms with Gasteiger partial charge in [-0.1, -0.05) is 52.9 Å². The molecule has 5 nitrogen and oxygen atoms in total. The number of piperidine rings is 1. The molecule has 1 amide bonds. The van der Waals surface area contributed by atoms with E-state index in [0.29, 0.717) is 19.4 Å². The monoisotopic (exact) mass is 415 g/mol. The standard InChI is InChI=1S/C16H18INO4/c17-13-7-4-10-18(16(13)9-8-14(19)22-16)15(20)21-11-12-5-2-1-3-6-12/h1-3,5-6,13H,4,7-11H2. The van der Waals surface area contributed by atoms with Crippen LogP contribution in [0, 0.1) is 0 Å². The molecule has 118 valence electrons. The molecule has 1 spiro atoms. The highest BCUT2D eigenvalue weighted by Gasteiger charge is 2.54. The third kappa shape index (κ3) is 2.93. The second kappa shape index (κ2) is 6.44. The molecule has 22 heavy (non-hydrogen) atoms. The van der Waals surface area contributed by atoms with Crippen LogP contribution in [0.2, 0.25) is 0 Å². The summed E-state index contributed by atoms with van der Waals surface area (Å²) in [5.41, 5.74) is 0.125. The fourth-order valence-electron chi connectivity index (χ4n) is 3.05. The Bertz CT molecular complexity index is 565. The van der Waals surface area contributed by atoms with Gasteiger partial charge >= 0.3 is 12.1 Å². The summed E-state index contributed by atoms with van der Waals surface area (Å²) in [4.78, 5) is 25.7. The van der Waals surface area contributed by atoms with Crippen LogP contribution in [0.15, 0.2) is 30.3 Å². The third-order valence-corrected chi connectivity index (χ3v) is 5.79. The summed E-state index contributed by atoms with van der Waals surface area (Å²) in [6.45, 7) is 0.798. The smallest absolute Gasteiger partial charge is 0.413 e. The second-order valence-corrected chi connectivity index (χ2v) is 7.12. The molecule has 0 radical (unpaired) electrons. The Labute approximate surface area is 143 Å². The number of nitrogens with zero attached hydrogens (tertiary/aromatic N) is 1. The lowest BCUT2D eigenvalue weighted by Crippen LogP contribution is -2.60. The SMILES string of the molecule is O=C1CCC2(O1)C(I)CCCN2C(=O)OCc1ccccc1. The summed E-state index contributed by atoms with van der Waals surface area (Å²) in [7, 11) is 0. The van der Waals surface area contributed by atoms with Gasteiger partial charge in [-0.15, -0.1) is 0 Å². The molecule has 2 saturated heterocycles. The maximum Gasteiger partial charge on any atom is 0.413 e. The van der Waals surface area contributed by atoms with Gasteiger partial charge < -0.3 is 9.47 Å². The van der Waals surface area contributed by atoms with Gasteiger partial charge in [-0.05, 0) is 18.4 Å². The first-order valence-corrected chi connectivity index (χ1v) is 8.70. The molecule has 0 N–H and O–H groups in total. The van der Waals surface area contributed by atoms with Crippen LogP contribution in [0.25, 0.3) is 0 Å². The van der Waals surface area contributed by atoms with E-state index in [2.05, 4.69) is 22.6 Å². The molecule has 2 atom stereocenters. The van der Waals surface area contributed by atoms with E-state index in [1.54, 1.807) is 4.90 Å². The molecule has 0 aliphatic carbocycles. The second-order valence-electron chi connectivity index (χ2n) is 5.62. The lowest BCUT2D eigenvalue weighted by molar-refractivity contribution is -0.167. The van der Waals surface area contributed by atoms with Crippen molar-refractivity contribution in [1.29, 1.82) is 0 Å². The third-order valence-electron chi connectivity index (χ3n) is 4.19. The number of hydrogen-bond acceptors (Lipinski definition) is 4. The number of ether oxygens (including phenoxy) is 2. The molecular weight excluding hydrogens is 397 g/mol. The Kier molecular flexibility index (Phi) is 4.56. The highest BCUT2D eigenvalue weighted by molar-refractivity contribution is 14.1. The number of rotatable bonds is 2. The highest BCUT2D eigenvalue weighted by Crippen LogP contribution is 2.42. The van der Waals surface area contributed by atoms with Crippen LogP contribution in [0.5, 0.6) is 0 Å². The zero-order valence-electron chi connectivity index (χ0n) is 12.2. The molecule has 1 aromatic rings. The van der Waals surface area contributed by atoms with E-state index in [-0.39, 0.29) is 16.5 Å². The van der Waals surface area contributed by atoms with E-state index >= 15 is 0 Å². The summed E-state index contributed by atoms with van der Waals surface area (Å²) in [5, 5.41) is 0. The predicted molar refractivity (Wildman–Crippen MR) is 88.4 cm³/mol. The van der Waals surface area contributed by atoms with Crippen LogP contribution in [0.4, 0.5) is 4.79 Å². The molecule has 6 heteroatoms. The van der Waals surface area contributed by atoms with Crippen LogP contribution in [0.3, 0.4) is 0 Å². The summed E-state index contributed by atoms with van der Waals surface area (Å²) < 4.78 is 11.1. The summed E-state index contributed by atoms with van der Waals surface area (Å²) in [6, 6.07) is 9.56. The van der Waals surface area contributed by atoms with Gasteiger partial charge in [-0.3, -0.25) is 9.69 Å². The molecule has 2 aliphatic heterocycles. The molecule has 2 heterocycles. The van der Waals surface area contributed by atoms with E-state index in [0.717, 1.165) is 18.4 Å². The minimum absolute atomic E-state index is 0.106. The van der Waals surface area contributed by atoms with Crippen molar-refractivity contribution in [3.8, 4) is 0 Å². The predicted octanol–water partition coefficient (Wildman–Crippen LogP) is 3.26. The lowest BCUT2D eigenvalue weighted by Gasteiger charge is -2.45. The van der Waals surface area contributed by atoms with Crippen molar-refractivity contribution in [3.05, 3.63) is 35.9 Å². The first-order valence-electron chi connectivity index (χ1n) is 7.46. The van der Waals surface area contributed by atoms with Gasteiger partial charge in [-0.2, -0.15) is 0 Å². The van der Waals surface area contributed by atoms with E-state index in [1.807, 2.05) is 30.3 Å². The normalized spacial score (nSPS) is 27.8. The van der Waals surface area contributed by atoms with Crippen molar-refractivity contribution in [2.75, 3.05) is 6.54 Å². The Balaban J connectivity index is 1.71. The van der Waals surface area contributed by atoms with E-state index in [9.17, 15) is 9.59 Å². The molecule has 3 rings (SSSR count). The van der Waals surface area contributed by atoms with Crippen LogP contribution in [0.1, 0.15) is 31.2 Å². The number of halogens is 1. The van der Waals surface area contributed by atoms with Crippen molar-refractivity contribution >= 4 is 34.7 Å². The summed E-state index contributed by atoms with van der Waals surface area (Å²) >= 11 is 2.28. The zero-order chi connectivity index (χ0) is 15.6. The molecule has 2 aliphatic rings. The van der Waals surface area contributed by atoms with E-state index in [1.165, 1.54) is 0 Å². The first-order chi connectivity index (χ1) is 10.6. The fourth-order valence-corrected chi connectivity index (χ4v) is 4.26. The van der Waals surface area contributed by atoms with Crippen LogP contribution >= 0.6 is 22.6 Å². The Hall–Kier alpha value is -1.31. The number of esters is 1. The Morgan fingerprint density at radius 3 is 2.86 bits per heavy atom. The number of likely N-dealkylation sites (tertiary alicyclic amines) is 1. The van der Waals surface area contributed by atoms with Crippen molar-refractivity contribution in [1.82, 2.24) is 4.90 Å². The highest BCUT2D eigenvalue weighted by atomic mass is 127. The maximum atomic E-state index is 12.5. The average molecular weight is 415 g/mol. The molecule has 1 aromatic carbocycles. The number of amides is 1. The van der Waals surface area contributed by atoms with Crippen LogP contribution in [-0.2, 0) is 20.9 Å². The van der Waals surface area contributed by atoms with Gasteiger partial charge in [0.2, 0.25) is 5.72 Å². The molecular formula is C16H18INO4. The van der Waals surface area contributed by atoms with Gasteiger partial charge in [-0.25, -0.2) is 4.79 Å².